The van der Waals surface area contributed by atoms with Crippen molar-refractivity contribution >= 4 is 21.7 Å². The van der Waals surface area contributed by atoms with Gasteiger partial charge in [-0.2, -0.15) is 0 Å². The van der Waals surface area contributed by atoms with Crippen LogP contribution in [-0.4, -0.2) is 19.4 Å². The van der Waals surface area contributed by atoms with Crippen molar-refractivity contribution in [3.63, 3.8) is 0 Å². The highest BCUT2D eigenvalue weighted by atomic mass is 79.9. The number of benzene rings is 2. The third-order valence-electron chi connectivity index (χ3n) is 4.71. The van der Waals surface area contributed by atoms with Crippen LogP contribution in [0, 0.1) is 0 Å². The smallest absolute Gasteiger partial charge is 0.191 e. The van der Waals surface area contributed by atoms with E-state index in [0.717, 1.165) is 28.6 Å². The summed E-state index contributed by atoms with van der Waals surface area (Å²) in [5, 5.41) is 11.9. The molecule has 0 spiro atoms. The molecule has 0 aliphatic carbocycles. The maximum atomic E-state index is 12.3. The number of fused-ring (bicyclic) bond motifs is 1. The summed E-state index contributed by atoms with van der Waals surface area (Å²) in [6.45, 7) is 2.95. The minimum absolute atomic E-state index is 0.00881. The highest BCUT2D eigenvalue weighted by Gasteiger charge is 2.26. The van der Waals surface area contributed by atoms with Crippen LogP contribution in [0.25, 0.3) is 0 Å². The standard InChI is InChI=1S/C20H20BrNO3/c1-13-17-12-20(25-2)19(24)11-15(17)7-9-22(13)10-8-18(23)14-3-5-16(21)6-4-14/h3-6,8,10-13,24H,7,9H2,1-2H3. The number of methoxy groups -OCH3 is 1. The SMILES string of the molecule is COc1cc2c(cc1[O-])CC[NH+](C=CC(=O)c1ccc(Br)cc1)C2C. The summed E-state index contributed by atoms with van der Waals surface area (Å²) in [6.07, 6.45) is 4.37. The molecule has 2 unspecified atom stereocenters. The lowest BCUT2D eigenvalue weighted by Gasteiger charge is -2.31. The molecule has 5 heteroatoms. The number of nitrogens with one attached hydrogen (secondary N) is 1. The van der Waals surface area contributed by atoms with Gasteiger partial charge in [0.1, 0.15) is 11.8 Å². The Hall–Kier alpha value is -2.11. The van der Waals surface area contributed by atoms with Crippen molar-refractivity contribution in [2.75, 3.05) is 13.7 Å². The monoisotopic (exact) mass is 401 g/mol. The molecule has 1 heterocycles. The number of quaternary nitrogens is 1. The fourth-order valence-corrected chi connectivity index (χ4v) is 3.48. The Bertz CT molecular complexity index is 814. The van der Waals surface area contributed by atoms with Crippen molar-refractivity contribution < 1.29 is 19.5 Å². The lowest BCUT2D eigenvalue weighted by atomic mass is 9.93. The van der Waals surface area contributed by atoms with Crippen LogP contribution < -0.4 is 14.7 Å². The van der Waals surface area contributed by atoms with E-state index >= 15 is 0 Å². The lowest BCUT2D eigenvalue weighted by molar-refractivity contribution is -0.881. The third-order valence-corrected chi connectivity index (χ3v) is 5.24. The number of ketones is 1. The topological polar surface area (TPSA) is 53.8 Å². The lowest BCUT2D eigenvalue weighted by Crippen LogP contribution is -3.08. The largest absolute Gasteiger partial charge is 0.870 e. The van der Waals surface area contributed by atoms with E-state index in [4.69, 9.17) is 4.74 Å². The van der Waals surface area contributed by atoms with Crippen molar-refractivity contribution in [1.82, 2.24) is 0 Å². The molecule has 0 aromatic heterocycles. The molecule has 2 aromatic carbocycles. The van der Waals surface area contributed by atoms with Crippen molar-refractivity contribution in [3.8, 4) is 11.5 Å². The zero-order valence-corrected chi connectivity index (χ0v) is 15.8. The number of hydrogen-bond acceptors (Lipinski definition) is 3. The Kier molecular flexibility index (Phi) is 5.25. The fraction of sp³-hybridized carbons (Fsp3) is 0.250. The molecule has 0 bridgehead atoms. The van der Waals surface area contributed by atoms with E-state index in [1.54, 1.807) is 12.1 Å². The van der Waals surface area contributed by atoms with Crippen LogP contribution in [0.3, 0.4) is 0 Å². The molecule has 0 saturated carbocycles. The van der Waals surface area contributed by atoms with Crippen LogP contribution in [0.4, 0.5) is 0 Å². The van der Waals surface area contributed by atoms with Crippen molar-refractivity contribution in [3.05, 3.63) is 69.8 Å². The summed E-state index contributed by atoms with van der Waals surface area (Å²) >= 11 is 3.37. The molecule has 3 rings (SSSR count). The van der Waals surface area contributed by atoms with E-state index in [1.165, 1.54) is 12.0 Å². The molecule has 130 valence electrons. The molecular weight excluding hydrogens is 382 g/mol. The molecule has 1 N–H and O–H groups in total. The number of rotatable bonds is 4. The first-order valence-corrected chi connectivity index (χ1v) is 9.00. The number of allylic oxidation sites excluding steroid dienone is 1. The quantitative estimate of drug-likeness (QED) is 0.632. The normalized spacial score (nSPS) is 19.6. The van der Waals surface area contributed by atoms with Crippen LogP contribution in [-0.2, 0) is 6.42 Å². The summed E-state index contributed by atoms with van der Waals surface area (Å²) < 4.78 is 6.11. The number of hydrogen-bond donors (Lipinski definition) is 1. The fourth-order valence-electron chi connectivity index (χ4n) is 3.21. The molecule has 0 amide bonds. The van der Waals surface area contributed by atoms with Crippen LogP contribution in [0.5, 0.6) is 11.5 Å². The second-order valence-corrected chi connectivity index (χ2v) is 7.12. The predicted molar refractivity (Wildman–Crippen MR) is 98.0 cm³/mol. The first kappa shape index (κ1) is 17.7. The molecule has 0 radical (unpaired) electrons. The molecule has 0 fully saturated rings. The van der Waals surface area contributed by atoms with Gasteiger partial charge in [-0.15, -0.1) is 0 Å². The number of halogens is 1. The minimum Gasteiger partial charge on any atom is -0.870 e. The number of ether oxygens (including phenoxy) is 1. The number of carbonyl (C=O) groups excluding carboxylic acids is 1. The van der Waals surface area contributed by atoms with Gasteiger partial charge < -0.3 is 14.7 Å². The average molecular weight is 402 g/mol. The maximum Gasteiger partial charge on any atom is 0.191 e. The van der Waals surface area contributed by atoms with E-state index in [-0.39, 0.29) is 17.6 Å². The summed E-state index contributed by atoms with van der Waals surface area (Å²) in [7, 11) is 1.51. The van der Waals surface area contributed by atoms with Gasteiger partial charge >= 0.3 is 0 Å². The Balaban J connectivity index is 1.78. The first-order valence-electron chi connectivity index (χ1n) is 8.21. The highest BCUT2D eigenvalue weighted by Crippen LogP contribution is 2.31. The van der Waals surface area contributed by atoms with E-state index in [0.29, 0.717) is 11.3 Å². The molecule has 1 aliphatic rings. The number of carbonyl (C=O) groups is 1. The Morgan fingerprint density at radius 2 is 2.04 bits per heavy atom. The molecule has 2 atom stereocenters. The zero-order valence-electron chi connectivity index (χ0n) is 14.2. The second kappa shape index (κ2) is 7.42. The third kappa shape index (κ3) is 3.78. The molecule has 0 saturated heterocycles. The van der Waals surface area contributed by atoms with Gasteiger partial charge in [0.05, 0.1) is 19.9 Å². The van der Waals surface area contributed by atoms with Crippen LogP contribution in [0.15, 0.2) is 53.1 Å². The molecule has 4 nitrogen and oxygen atoms in total. The van der Waals surface area contributed by atoms with E-state index in [2.05, 4.69) is 22.9 Å². The van der Waals surface area contributed by atoms with Gasteiger partial charge in [0.25, 0.3) is 0 Å². The Labute approximate surface area is 155 Å². The van der Waals surface area contributed by atoms with Gasteiger partial charge in [0, 0.05) is 28.1 Å². The van der Waals surface area contributed by atoms with Gasteiger partial charge in [0.2, 0.25) is 0 Å². The summed E-state index contributed by atoms with van der Waals surface area (Å²) in [4.78, 5) is 13.5. The van der Waals surface area contributed by atoms with Crippen LogP contribution >= 0.6 is 15.9 Å². The molecule has 1 aliphatic heterocycles. The summed E-state index contributed by atoms with van der Waals surface area (Å²) in [5.74, 6) is 0.296. The summed E-state index contributed by atoms with van der Waals surface area (Å²) in [5.41, 5.74) is 2.86. The first-order chi connectivity index (χ1) is 12.0. The summed E-state index contributed by atoms with van der Waals surface area (Å²) in [6, 6.07) is 11.0. The van der Waals surface area contributed by atoms with Crippen molar-refractivity contribution in [2.45, 2.75) is 19.4 Å². The highest BCUT2D eigenvalue weighted by molar-refractivity contribution is 9.10. The molecular formula is C20H20BrNO3. The zero-order chi connectivity index (χ0) is 18.0. The van der Waals surface area contributed by atoms with Gasteiger partial charge in [-0.25, -0.2) is 0 Å². The van der Waals surface area contributed by atoms with Gasteiger partial charge in [-0.1, -0.05) is 27.7 Å². The second-order valence-electron chi connectivity index (χ2n) is 6.20. The van der Waals surface area contributed by atoms with E-state index in [1.807, 2.05) is 36.5 Å². The van der Waals surface area contributed by atoms with Crippen LogP contribution in [0.2, 0.25) is 0 Å². The average Bonchev–Trinajstić information content (AvgIpc) is 2.61. The molecule has 25 heavy (non-hydrogen) atoms. The maximum absolute atomic E-state index is 12.3. The minimum atomic E-state index is -0.0714. The predicted octanol–water partition coefficient (Wildman–Crippen LogP) is 2.43. The van der Waals surface area contributed by atoms with E-state index < -0.39 is 0 Å². The van der Waals surface area contributed by atoms with E-state index in [9.17, 15) is 9.90 Å². The van der Waals surface area contributed by atoms with Crippen LogP contribution in [0.1, 0.15) is 34.5 Å². The molecule has 2 aromatic rings. The van der Waals surface area contributed by atoms with Gasteiger partial charge in [-0.05, 0) is 42.8 Å². The van der Waals surface area contributed by atoms with Gasteiger partial charge in [-0.3, -0.25) is 4.79 Å². The van der Waals surface area contributed by atoms with Gasteiger partial charge in [0.15, 0.2) is 5.78 Å². The van der Waals surface area contributed by atoms with Crippen molar-refractivity contribution in [1.29, 1.82) is 0 Å². The van der Waals surface area contributed by atoms with Crippen molar-refractivity contribution in [2.24, 2.45) is 0 Å². The Morgan fingerprint density at radius 1 is 1.32 bits per heavy atom. The Morgan fingerprint density at radius 3 is 2.72 bits per heavy atom.